The van der Waals surface area contributed by atoms with Gasteiger partial charge in [0, 0.05) is 32.0 Å². The van der Waals surface area contributed by atoms with Crippen molar-refractivity contribution in [3.05, 3.63) is 54.4 Å². The van der Waals surface area contributed by atoms with Gasteiger partial charge in [0.2, 0.25) is 5.91 Å². The number of hydrogen-bond donors (Lipinski definition) is 1. The zero-order valence-corrected chi connectivity index (χ0v) is 14.0. The van der Waals surface area contributed by atoms with E-state index in [0.29, 0.717) is 32.6 Å². The van der Waals surface area contributed by atoms with E-state index in [1.807, 2.05) is 49.6 Å². The molecule has 0 radical (unpaired) electrons. The fourth-order valence-corrected chi connectivity index (χ4v) is 3.25. The lowest BCUT2D eigenvalue weighted by Gasteiger charge is -2.32. The van der Waals surface area contributed by atoms with Crippen molar-refractivity contribution in [2.24, 2.45) is 0 Å². The Balaban J connectivity index is 1.71. The lowest BCUT2D eigenvalue weighted by molar-refractivity contribution is -0.133. The van der Waals surface area contributed by atoms with Gasteiger partial charge in [0.15, 0.2) is 0 Å². The molecule has 24 heavy (non-hydrogen) atoms. The second-order valence-corrected chi connectivity index (χ2v) is 6.64. The highest BCUT2D eigenvalue weighted by atomic mass is 16.3. The number of carbonyl (C=O) groups excluding carboxylic acids is 1. The summed E-state index contributed by atoms with van der Waals surface area (Å²) in [5.41, 5.74) is -0.0143. The van der Waals surface area contributed by atoms with Gasteiger partial charge in [-0.1, -0.05) is 30.3 Å². The Hall–Kier alpha value is -2.18. The molecule has 2 heterocycles. The molecular weight excluding hydrogens is 304 g/mol. The molecule has 0 spiro atoms. The number of hydrogen-bond acceptors (Lipinski definition) is 4. The zero-order chi connectivity index (χ0) is 17.0. The molecule has 0 bridgehead atoms. The molecule has 1 aromatic heterocycles. The first-order valence-electron chi connectivity index (χ1n) is 8.24. The smallest absolute Gasteiger partial charge is 0.227 e. The van der Waals surface area contributed by atoms with Crippen LogP contribution < -0.4 is 0 Å². The second-order valence-electron chi connectivity index (χ2n) is 6.64. The maximum atomic E-state index is 12.7. The van der Waals surface area contributed by atoms with Crippen molar-refractivity contribution in [2.45, 2.75) is 18.6 Å². The van der Waals surface area contributed by atoms with Crippen molar-refractivity contribution in [3.8, 4) is 0 Å². The Bertz CT molecular complexity index is 659. The summed E-state index contributed by atoms with van der Waals surface area (Å²) in [6, 6.07) is 11.6. The third-order valence-corrected chi connectivity index (χ3v) is 4.37. The van der Waals surface area contributed by atoms with Crippen molar-refractivity contribution in [1.29, 1.82) is 0 Å². The number of aromatic nitrogens is 2. The van der Waals surface area contributed by atoms with Gasteiger partial charge in [0.25, 0.3) is 0 Å². The summed E-state index contributed by atoms with van der Waals surface area (Å²) in [4.78, 5) is 16.5. The van der Waals surface area contributed by atoms with Crippen LogP contribution >= 0.6 is 0 Å². The molecule has 0 aliphatic carbocycles. The van der Waals surface area contributed by atoms with Gasteiger partial charge in [-0.05, 0) is 18.7 Å². The number of β-amino-alcohol motifs (C(OH)–C–C–N with tert-alkyl or cyclic N) is 1. The Morgan fingerprint density at radius 1 is 1.21 bits per heavy atom. The van der Waals surface area contributed by atoms with Gasteiger partial charge >= 0.3 is 0 Å². The number of carbonyl (C=O) groups is 1. The molecular formula is C18H24N4O2. The summed E-state index contributed by atoms with van der Waals surface area (Å²) < 4.78 is 1.72. The predicted molar refractivity (Wildman–Crippen MR) is 91.4 cm³/mol. The maximum absolute atomic E-state index is 12.7. The summed E-state index contributed by atoms with van der Waals surface area (Å²) in [5, 5.41) is 15.3. The standard InChI is InChI=1S/C18H24N4O2/c1-20-10-11-21(17(23)12-16-6-3-2-4-7-16)14-18(24,13-20)15-22-9-5-8-19-22/h2-9,24H,10-15H2,1H3/t18-/m1/s1. The minimum Gasteiger partial charge on any atom is -0.385 e. The van der Waals surface area contributed by atoms with Crippen LogP contribution in [0, 0.1) is 0 Å². The SMILES string of the molecule is CN1CCN(C(=O)Cc2ccccc2)C[C@@](O)(Cn2cccn2)C1. The normalized spacial score (nSPS) is 22.3. The molecule has 3 rings (SSSR count). The number of rotatable bonds is 4. The van der Waals surface area contributed by atoms with E-state index >= 15 is 0 Å². The van der Waals surface area contributed by atoms with E-state index in [9.17, 15) is 9.90 Å². The van der Waals surface area contributed by atoms with Crippen LogP contribution in [0.15, 0.2) is 48.8 Å². The van der Waals surface area contributed by atoms with Crippen molar-refractivity contribution >= 4 is 5.91 Å². The first kappa shape index (κ1) is 16.7. The molecule has 1 atom stereocenters. The van der Waals surface area contributed by atoms with Gasteiger partial charge in [-0.15, -0.1) is 0 Å². The average molecular weight is 328 g/mol. The lowest BCUT2D eigenvalue weighted by atomic mass is 10.0. The van der Waals surface area contributed by atoms with E-state index in [1.165, 1.54) is 0 Å². The molecule has 0 saturated carbocycles. The van der Waals surface area contributed by atoms with Crippen LogP contribution in [0.2, 0.25) is 0 Å². The molecule has 6 heteroatoms. The lowest BCUT2D eigenvalue weighted by Crippen LogP contribution is -2.50. The molecule has 1 saturated heterocycles. The monoisotopic (exact) mass is 328 g/mol. The van der Waals surface area contributed by atoms with E-state index in [1.54, 1.807) is 15.8 Å². The van der Waals surface area contributed by atoms with Gasteiger partial charge in [-0.25, -0.2) is 0 Å². The number of aliphatic hydroxyl groups is 1. The molecule has 0 unspecified atom stereocenters. The highest BCUT2D eigenvalue weighted by Gasteiger charge is 2.36. The zero-order valence-electron chi connectivity index (χ0n) is 14.0. The summed E-state index contributed by atoms with van der Waals surface area (Å²) in [6.07, 6.45) is 3.89. The van der Waals surface area contributed by atoms with Crippen LogP contribution in [-0.4, -0.2) is 69.4 Å². The number of nitrogens with zero attached hydrogens (tertiary/aromatic N) is 4. The summed E-state index contributed by atoms with van der Waals surface area (Å²) in [6.45, 7) is 2.59. The first-order chi connectivity index (χ1) is 11.5. The first-order valence-corrected chi connectivity index (χ1v) is 8.24. The van der Waals surface area contributed by atoms with Gasteiger partial charge in [0.1, 0.15) is 5.60 Å². The molecule has 1 aliphatic rings. The third kappa shape index (κ3) is 4.21. The van der Waals surface area contributed by atoms with Crippen LogP contribution in [0.4, 0.5) is 0 Å². The van der Waals surface area contributed by atoms with E-state index in [0.717, 1.165) is 12.1 Å². The predicted octanol–water partition coefficient (Wildman–Crippen LogP) is 0.631. The second kappa shape index (κ2) is 7.15. The van der Waals surface area contributed by atoms with Gasteiger partial charge in [-0.3, -0.25) is 9.48 Å². The topological polar surface area (TPSA) is 61.6 Å². The number of amides is 1. The van der Waals surface area contributed by atoms with Crippen LogP contribution in [0.25, 0.3) is 0 Å². The van der Waals surface area contributed by atoms with Crippen molar-refractivity contribution in [2.75, 3.05) is 33.2 Å². The van der Waals surface area contributed by atoms with Crippen LogP contribution in [0.5, 0.6) is 0 Å². The Morgan fingerprint density at radius 2 is 2.00 bits per heavy atom. The van der Waals surface area contributed by atoms with Crippen molar-refractivity contribution < 1.29 is 9.90 Å². The molecule has 1 N–H and O–H groups in total. The van der Waals surface area contributed by atoms with Crippen LogP contribution in [0.3, 0.4) is 0 Å². The van der Waals surface area contributed by atoms with Gasteiger partial charge < -0.3 is 14.9 Å². The quantitative estimate of drug-likeness (QED) is 0.894. The van der Waals surface area contributed by atoms with Crippen molar-refractivity contribution in [1.82, 2.24) is 19.6 Å². The fraction of sp³-hybridized carbons (Fsp3) is 0.444. The average Bonchev–Trinajstić information content (AvgIpc) is 2.99. The minimum atomic E-state index is -1.01. The fourth-order valence-electron chi connectivity index (χ4n) is 3.25. The Morgan fingerprint density at radius 3 is 2.71 bits per heavy atom. The largest absolute Gasteiger partial charge is 0.385 e. The van der Waals surface area contributed by atoms with E-state index in [4.69, 9.17) is 0 Å². The van der Waals surface area contributed by atoms with E-state index in [2.05, 4.69) is 10.00 Å². The molecule has 2 aromatic rings. The van der Waals surface area contributed by atoms with Crippen LogP contribution in [-0.2, 0) is 17.8 Å². The minimum absolute atomic E-state index is 0.0513. The van der Waals surface area contributed by atoms with Crippen LogP contribution in [0.1, 0.15) is 5.56 Å². The summed E-state index contributed by atoms with van der Waals surface area (Å²) in [5.74, 6) is 0.0513. The molecule has 1 aliphatic heterocycles. The highest BCUT2D eigenvalue weighted by Crippen LogP contribution is 2.17. The molecule has 1 aromatic carbocycles. The number of benzene rings is 1. The van der Waals surface area contributed by atoms with Gasteiger partial charge in [-0.2, -0.15) is 5.10 Å². The third-order valence-electron chi connectivity index (χ3n) is 4.37. The van der Waals surface area contributed by atoms with Crippen molar-refractivity contribution in [3.63, 3.8) is 0 Å². The number of likely N-dealkylation sites (N-methyl/N-ethyl adjacent to an activating group) is 1. The highest BCUT2D eigenvalue weighted by molar-refractivity contribution is 5.79. The summed E-state index contributed by atoms with van der Waals surface area (Å²) in [7, 11) is 1.97. The molecule has 1 fully saturated rings. The Kier molecular flexibility index (Phi) is 4.97. The Labute approximate surface area is 142 Å². The summed E-state index contributed by atoms with van der Waals surface area (Å²) >= 11 is 0. The molecule has 1 amide bonds. The van der Waals surface area contributed by atoms with E-state index in [-0.39, 0.29) is 5.91 Å². The molecule has 128 valence electrons. The maximum Gasteiger partial charge on any atom is 0.227 e. The van der Waals surface area contributed by atoms with Gasteiger partial charge in [0.05, 0.1) is 19.5 Å². The molecule has 6 nitrogen and oxygen atoms in total. The van der Waals surface area contributed by atoms with E-state index < -0.39 is 5.60 Å².